The fraction of sp³-hybridized carbons (Fsp3) is 0.400. The van der Waals surface area contributed by atoms with Gasteiger partial charge in [0.15, 0.2) is 0 Å². The summed E-state index contributed by atoms with van der Waals surface area (Å²) in [6.45, 7) is 4.91. The molecule has 0 aliphatic heterocycles. The highest BCUT2D eigenvalue weighted by atomic mass is 32.1. The number of para-hydroxylation sites is 1. The van der Waals surface area contributed by atoms with Crippen molar-refractivity contribution < 1.29 is 4.79 Å². The fourth-order valence-electron chi connectivity index (χ4n) is 1.94. The normalized spacial score (nSPS) is 11.9. The molecule has 2 aromatic rings. The lowest BCUT2D eigenvalue weighted by molar-refractivity contribution is 0.0940. The molecule has 0 fully saturated rings. The molecule has 0 spiro atoms. The summed E-state index contributed by atoms with van der Waals surface area (Å²) in [6.07, 6.45) is 2.20. The second-order valence-corrected chi connectivity index (χ2v) is 5.46. The van der Waals surface area contributed by atoms with Gasteiger partial charge in [0.25, 0.3) is 5.91 Å². The monoisotopic (exact) mass is 304 g/mol. The quantitative estimate of drug-likeness (QED) is 0.771. The van der Waals surface area contributed by atoms with E-state index >= 15 is 0 Å². The first-order chi connectivity index (χ1) is 10.2. The van der Waals surface area contributed by atoms with Gasteiger partial charge in [0, 0.05) is 17.6 Å². The van der Waals surface area contributed by atoms with Crippen LogP contribution in [0, 0.1) is 0 Å². The van der Waals surface area contributed by atoms with Crippen molar-refractivity contribution in [3.8, 4) is 0 Å². The molecule has 6 heteroatoms. The zero-order valence-electron chi connectivity index (χ0n) is 12.3. The van der Waals surface area contributed by atoms with Crippen LogP contribution in [0.4, 0.5) is 5.69 Å². The molecule has 1 heterocycles. The molecule has 1 aromatic carbocycles. The lowest BCUT2D eigenvalue weighted by atomic mass is 10.1. The van der Waals surface area contributed by atoms with Crippen LogP contribution in [0.2, 0.25) is 0 Å². The van der Waals surface area contributed by atoms with Gasteiger partial charge in [-0.3, -0.25) is 4.79 Å². The fourth-order valence-corrected chi connectivity index (χ4v) is 2.49. The lowest BCUT2D eigenvalue weighted by Crippen LogP contribution is -2.27. The first-order valence-electron chi connectivity index (χ1n) is 7.13. The summed E-state index contributed by atoms with van der Waals surface area (Å²) < 4.78 is 3.82. The molecule has 112 valence electrons. The van der Waals surface area contributed by atoms with Crippen molar-refractivity contribution in [1.29, 1.82) is 0 Å². The molecule has 0 aliphatic rings. The van der Waals surface area contributed by atoms with Gasteiger partial charge < -0.3 is 10.6 Å². The van der Waals surface area contributed by atoms with Crippen LogP contribution in [0.15, 0.2) is 29.6 Å². The molecule has 0 saturated heterocycles. The second kappa shape index (κ2) is 7.73. The molecule has 1 atom stereocenters. The molecule has 5 nitrogen and oxygen atoms in total. The minimum absolute atomic E-state index is 0.102. The van der Waals surface area contributed by atoms with Crippen molar-refractivity contribution >= 4 is 23.1 Å². The number of amides is 1. The van der Waals surface area contributed by atoms with Crippen molar-refractivity contribution in [3.05, 3.63) is 40.9 Å². The van der Waals surface area contributed by atoms with E-state index in [1.54, 1.807) is 0 Å². The number of hydrogen-bond acceptors (Lipinski definition) is 5. The third kappa shape index (κ3) is 4.26. The molecule has 0 saturated carbocycles. The highest BCUT2D eigenvalue weighted by Gasteiger charge is 2.15. The van der Waals surface area contributed by atoms with Crippen molar-refractivity contribution in [2.75, 3.05) is 11.9 Å². The SMILES string of the molecule is CCCCNc1ccccc1C(=O)N[C@@H](C)c1csnn1. The number of rotatable bonds is 7. The van der Waals surface area contributed by atoms with Crippen molar-refractivity contribution in [2.45, 2.75) is 32.7 Å². The van der Waals surface area contributed by atoms with Crippen LogP contribution in [-0.4, -0.2) is 22.0 Å². The molecule has 0 unspecified atom stereocenters. The van der Waals surface area contributed by atoms with E-state index in [4.69, 9.17) is 0 Å². The maximum Gasteiger partial charge on any atom is 0.253 e. The van der Waals surface area contributed by atoms with E-state index in [-0.39, 0.29) is 11.9 Å². The van der Waals surface area contributed by atoms with Gasteiger partial charge in [-0.05, 0) is 37.0 Å². The van der Waals surface area contributed by atoms with E-state index in [1.165, 1.54) is 11.5 Å². The number of carbonyl (C=O) groups excluding carboxylic acids is 1. The van der Waals surface area contributed by atoms with Gasteiger partial charge in [0.1, 0.15) is 0 Å². The van der Waals surface area contributed by atoms with Crippen LogP contribution in [0.25, 0.3) is 0 Å². The van der Waals surface area contributed by atoms with E-state index in [0.29, 0.717) is 5.56 Å². The van der Waals surface area contributed by atoms with Gasteiger partial charge >= 0.3 is 0 Å². The predicted molar refractivity (Wildman–Crippen MR) is 85.6 cm³/mol. The summed E-state index contributed by atoms with van der Waals surface area (Å²) in [5, 5.41) is 12.1. The predicted octanol–water partition coefficient (Wildman–Crippen LogP) is 3.24. The van der Waals surface area contributed by atoms with Crippen molar-refractivity contribution in [1.82, 2.24) is 14.9 Å². The average Bonchev–Trinajstić information content (AvgIpc) is 3.02. The van der Waals surface area contributed by atoms with E-state index in [1.807, 2.05) is 36.6 Å². The molecule has 21 heavy (non-hydrogen) atoms. The Bertz CT molecular complexity index is 571. The average molecular weight is 304 g/mol. The smallest absolute Gasteiger partial charge is 0.253 e. The summed E-state index contributed by atoms with van der Waals surface area (Å²) in [5.74, 6) is -0.102. The Hall–Kier alpha value is -1.95. The number of nitrogens with zero attached hydrogens (tertiary/aromatic N) is 2. The Morgan fingerprint density at radius 3 is 2.90 bits per heavy atom. The molecule has 2 N–H and O–H groups in total. The van der Waals surface area contributed by atoms with Crippen LogP contribution >= 0.6 is 11.5 Å². The third-order valence-electron chi connectivity index (χ3n) is 3.19. The Morgan fingerprint density at radius 1 is 1.38 bits per heavy atom. The number of carbonyl (C=O) groups is 1. The van der Waals surface area contributed by atoms with Crippen LogP contribution in [0.3, 0.4) is 0 Å². The van der Waals surface area contributed by atoms with E-state index in [2.05, 4.69) is 27.1 Å². The van der Waals surface area contributed by atoms with E-state index < -0.39 is 0 Å². The number of aromatic nitrogens is 2. The minimum atomic E-state index is -0.153. The zero-order valence-corrected chi connectivity index (χ0v) is 13.1. The van der Waals surface area contributed by atoms with E-state index in [0.717, 1.165) is 30.8 Å². The molecule has 0 bridgehead atoms. The first kappa shape index (κ1) is 15.4. The highest BCUT2D eigenvalue weighted by molar-refractivity contribution is 7.03. The Kier molecular flexibility index (Phi) is 5.68. The summed E-state index contributed by atoms with van der Waals surface area (Å²) in [6, 6.07) is 7.41. The number of unbranched alkanes of at least 4 members (excludes halogenated alkanes) is 1. The van der Waals surface area contributed by atoms with Gasteiger partial charge in [0.05, 0.1) is 17.3 Å². The van der Waals surface area contributed by atoms with Gasteiger partial charge in [0.2, 0.25) is 0 Å². The van der Waals surface area contributed by atoms with E-state index in [9.17, 15) is 4.79 Å². The van der Waals surface area contributed by atoms with Crippen molar-refractivity contribution in [3.63, 3.8) is 0 Å². The summed E-state index contributed by atoms with van der Waals surface area (Å²) in [7, 11) is 0. The topological polar surface area (TPSA) is 66.9 Å². The van der Waals surface area contributed by atoms with Gasteiger partial charge in [-0.25, -0.2) is 0 Å². The minimum Gasteiger partial charge on any atom is -0.384 e. The zero-order chi connectivity index (χ0) is 15.1. The van der Waals surface area contributed by atoms with Crippen molar-refractivity contribution in [2.24, 2.45) is 0 Å². The largest absolute Gasteiger partial charge is 0.384 e. The number of nitrogens with one attached hydrogen (secondary N) is 2. The Morgan fingerprint density at radius 2 is 2.19 bits per heavy atom. The highest BCUT2D eigenvalue weighted by Crippen LogP contribution is 2.17. The molecule has 0 aliphatic carbocycles. The van der Waals surface area contributed by atoms with Crippen LogP contribution in [-0.2, 0) is 0 Å². The molecule has 0 radical (unpaired) electrons. The molecular weight excluding hydrogens is 284 g/mol. The Balaban J connectivity index is 2.04. The maximum atomic E-state index is 12.4. The van der Waals surface area contributed by atoms with Gasteiger partial charge in [-0.1, -0.05) is 30.0 Å². The number of anilines is 1. The Labute approximate surface area is 128 Å². The molecule has 1 amide bonds. The third-order valence-corrected chi connectivity index (χ3v) is 3.71. The standard InChI is InChI=1S/C15H20N4OS/c1-3-4-9-16-13-8-6-5-7-12(13)15(20)17-11(2)14-10-21-19-18-14/h5-8,10-11,16H,3-4,9H2,1-2H3,(H,17,20)/t11-/m0/s1. The number of benzene rings is 1. The molecule has 2 rings (SSSR count). The second-order valence-electron chi connectivity index (χ2n) is 4.85. The number of hydrogen-bond donors (Lipinski definition) is 2. The van der Waals surface area contributed by atoms with Gasteiger partial charge in [-0.2, -0.15) is 0 Å². The van der Waals surface area contributed by atoms with Crippen LogP contribution < -0.4 is 10.6 Å². The summed E-state index contributed by atoms with van der Waals surface area (Å²) >= 11 is 1.28. The lowest BCUT2D eigenvalue weighted by Gasteiger charge is -2.14. The summed E-state index contributed by atoms with van der Waals surface area (Å²) in [4.78, 5) is 12.4. The maximum absolute atomic E-state index is 12.4. The van der Waals surface area contributed by atoms with Crippen LogP contribution in [0.5, 0.6) is 0 Å². The summed E-state index contributed by atoms with van der Waals surface area (Å²) in [5.41, 5.74) is 2.31. The molecular formula is C15H20N4OS. The molecule has 1 aromatic heterocycles. The van der Waals surface area contributed by atoms with Gasteiger partial charge in [-0.15, -0.1) is 5.10 Å². The van der Waals surface area contributed by atoms with Crippen LogP contribution in [0.1, 0.15) is 48.8 Å². The first-order valence-corrected chi connectivity index (χ1v) is 7.96.